The van der Waals surface area contributed by atoms with Crippen LogP contribution < -0.4 is 10.6 Å². The summed E-state index contributed by atoms with van der Waals surface area (Å²) in [6, 6.07) is 0. The summed E-state index contributed by atoms with van der Waals surface area (Å²) in [4.78, 5) is 9.21. The molecule has 0 radical (unpaired) electrons. The highest BCUT2D eigenvalue weighted by atomic mass is 127. The molecule has 120 valence electrons. The van der Waals surface area contributed by atoms with Crippen LogP contribution in [0.5, 0.6) is 0 Å². The molecular formula is C15H27IN4S. The van der Waals surface area contributed by atoms with Crippen molar-refractivity contribution in [3.63, 3.8) is 0 Å². The first kappa shape index (κ1) is 20.4. The quantitative estimate of drug-likeness (QED) is 0.320. The summed E-state index contributed by atoms with van der Waals surface area (Å²) >= 11 is 1.72. The van der Waals surface area contributed by atoms with Gasteiger partial charge in [0, 0.05) is 36.9 Å². The summed E-state index contributed by atoms with van der Waals surface area (Å²) in [5.41, 5.74) is 1.29. The maximum absolute atomic E-state index is 4.68. The number of hydrogen-bond donors (Lipinski definition) is 2. The van der Waals surface area contributed by atoms with Crippen LogP contribution >= 0.6 is 35.3 Å². The minimum atomic E-state index is 0. The summed E-state index contributed by atoms with van der Waals surface area (Å²) in [6.07, 6.45) is 2.70. The first-order chi connectivity index (χ1) is 9.47. The van der Waals surface area contributed by atoms with Gasteiger partial charge in [-0.05, 0) is 6.92 Å². The molecule has 0 saturated carbocycles. The second-order valence-corrected chi connectivity index (χ2v) is 6.50. The second-order valence-electron chi connectivity index (χ2n) is 5.56. The molecule has 1 heterocycles. The average Bonchev–Trinajstić information content (AvgIpc) is 2.84. The molecule has 21 heavy (non-hydrogen) atoms. The molecule has 0 fully saturated rings. The second kappa shape index (κ2) is 10.2. The zero-order chi connectivity index (χ0) is 15.0. The van der Waals surface area contributed by atoms with Gasteiger partial charge in [-0.1, -0.05) is 26.8 Å². The third kappa shape index (κ3) is 7.80. The van der Waals surface area contributed by atoms with Gasteiger partial charge in [0.1, 0.15) is 0 Å². The Hall–Kier alpha value is -0.630. The highest BCUT2D eigenvalue weighted by Gasteiger charge is 2.17. The number of rotatable bonds is 6. The van der Waals surface area contributed by atoms with Gasteiger partial charge < -0.3 is 10.6 Å². The molecule has 0 atom stereocenters. The van der Waals surface area contributed by atoms with Crippen LogP contribution in [0.1, 0.15) is 38.4 Å². The van der Waals surface area contributed by atoms with Crippen molar-refractivity contribution in [3.05, 3.63) is 28.7 Å². The Labute approximate surface area is 149 Å². The Morgan fingerprint density at radius 2 is 2.14 bits per heavy atom. The third-order valence-electron chi connectivity index (χ3n) is 2.67. The molecule has 0 aromatic carbocycles. The number of guanidine groups is 1. The SMILES string of the molecule is C=CCNC(=NCCc1nc(C(C)(C)C)cs1)NCC.I. The Bertz CT molecular complexity index is 449. The number of halogens is 1. The highest BCUT2D eigenvalue weighted by Crippen LogP contribution is 2.23. The Morgan fingerprint density at radius 1 is 1.43 bits per heavy atom. The molecule has 0 aliphatic carbocycles. The van der Waals surface area contributed by atoms with Gasteiger partial charge in [0.25, 0.3) is 0 Å². The molecule has 1 aromatic rings. The fraction of sp³-hybridized carbons (Fsp3) is 0.600. The molecule has 0 aliphatic heterocycles. The minimum absolute atomic E-state index is 0. The number of hydrogen-bond acceptors (Lipinski definition) is 3. The van der Waals surface area contributed by atoms with E-state index in [0.717, 1.165) is 42.7 Å². The smallest absolute Gasteiger partial charge is 0.191 e. The number of nitrogens with one attached hydrogen (secondary N) is 2. The number of aliphatic imine (C=N–C) groups is 1. The van der Waals surface area contributed by atoms with E-state index >= 15 is 0 Å². The monoisotopic (exact) mass is 422 g/mol. The van der Waals surface area contributed by atoms with Crippen LogP contribution in [-0.2, 0) is 11.8 Å². The van der Waals surface area contributed by atoms with Gasteiger partial charge in [0.15, 0.2) is 5.96 Å². The van der Waals surface area contributed by atoms with Crippen molar-refractivity contribution in [2.24, 2.45) is 4.99 Å². The average molecular weight is 422 g/mol. The summed E-state index contributed by atoms with van der Waals surface area (Å²) < 4.78 is 0. The van der Waals surface area contributed by atoms with E-state index in [0.29, 0.717) is 0 Å². The highest BCUT2D eigenvalue weighted by molar-refractivity contribution is 14.0. The Kier molecular flexibility index (Phi) is 9.85. The van der Waals surface area contributed by atoms with Crippen molar-refractivity contribution in [2.75, 3.05) is 19.6 Å². The molecule has 0 saturated heterocycles. The summed E-state index contributed by atoms with van der Waals surface area (Å²) in [7, 11) is 0. The fourth-order valence-corrected chi connectivity index (χ4v) is 2.56. The predicted octanol–water partition coefficient (Wildman–Crippen LogP) is 3.34. The maximum atomic E-state index is 4.68. The van der Waals surface area contributed by atoms with E-state index in [2.05, 4.69) is 60.3 Å². The van der Waals surface area contributed by atoms with Crippen LogP contribution in [-0.4, -0.2) is 30.6 Å². The van der Waals surface area contributed by atoms with E-state index < -0.39 is 0 Å². The van der Waals surface area contributed by atoms with Gasteiger partial charge in [-0.2, -0.15) is 0 Å². The van der Waals surface area contributed by atoms with Gasteiger partial charge >= 0.3 is 0 Å². The van der Waals surface area contributed by atoms with Gasteiger partial charge in [-0.3, -0.25) is 4.99 Å². The third-order valence-corrected chi connectivity index (χ3v) is 3.58. The molecule has 0 unspecified atom stereocenters. The van der Waals surface area contributed by atoms with Gasteiger partial charge in [0.05, 0.1) is 10.7 Å². The lowest BCUT2D eigenvalue weighted by atomic mass is 9.93. The van der Waals surface area contributed by atoms with Gasteiger partial charge in [-0.25, -0.2) is 4.98 Å². The van der Waals surface area contributed by atoms with E-state index in [4.69, 9.17) is 0 Å². The van der Waals surface area contributed by atoms with Gasteiger partial charge in [-0.15, -0.1) is 41.9 Å². The summed E-state index contributed by atoms with van der Waals surface area (Å²) in [6.45, 7) is 14.6. The normalized spacial score (nSPS) is 11.7. The van der Waals surface area contributed by atoms with Crippen molar-refractivity contribution in [1.29, 1.82) is 0 Å². The Balaban J connectivity index is 0.00000400. The lowest BCUT2D eigenvalue weighted by Crippen LogP contribution is -2.37. The zero-order valence-electron chi connectivity index (χ0n) is 13.4. The molecule has 0 bridgehead atoms. The topological polar surface area (TPSA) is 49.3 Å². The maximum Gasteiger partial charge on any atom is 0.191 e. The van der Waals surface area contributed by atoms with Crippen LogP contribution in [0.4, 0.5) is 0 Å². The summed E-state index contributed by atoms with van der Waals surface area (Å²) in [5, 5.41) is 9.70. The van der Waals surface area contributed by atoms with E-state index in [-0.39, 0.29) is 29.4 Å². The standard InChI is InChI=1S/C15H26N4S.HI/c1-6-9-17-14(16-7-2)18-10-8-13-19-12(11-20-13)15(3,4)5;/h6,11H,1,7-10H2,2-5H3,(H2,16,17,18);1H. The lowest BCUT2D eigenvalue weighted by molar-refractivity contribution is 0.571. The van der Waals surface area contributed by atoms with Crippen LogP contribution in [0.2, 0.25) is 0 Å². The number of nitrogens with zero attached hydrogens (tertiary/aromatic N) is 2. The molecule has 6 heteroatoms. The van der Waals surface area contributed by atoms with E-state index in [9.17, 15) is 0 Å². The number of thiazole rings is 1. The van der Waals surface area contributed by atoms with E-state index in [1.165, 1.54) is 0 Å². The van der Waals surface area contributed by atoms with Crippen molar-refractivity contribution >= 4 is 41.3 Å². The zero-order valence-corrected chi connectivity index (χ0v) is 16.5. The molecule has 1 rings (SSSR count). The molecule has 0 amide bonds. The molecule has 4 nitrogen and oxygen atoms in total. The van der Waals surface area contributed by atoms with Crippen LogP contribution in [0.3, 0.4) is 0 Å². The first-order valence-corrected chi connectivity index (χ1v) is 7.93. The van der Waals surface area contributed by atoms with Crippen LogP contribution in [0, 0.1) is 0 Å². The Morgan fingerprint density at radius 3 is 2.67 bits per heavy atom. The molecular weight excluding hydrogens is 395 g/mol. The lowest BCUT2D eigenvalue weighted by Gasteiger charge is -2.14. The minimum Gasteiger partial charge on any atom is -0.357 e. The van der Waals surface area contributed by atoms with Crippen molar-refractivity contribution < 1.29 is 0 Å². The largest absolute Gasteiger partial charge is 0.357 e. The van der Waals surface area contributed by atoms with Crippen molar-refractivity contribution in [3.8, 4) is 0 Å². The summed E-state index contributed by atoms with van der Waals surface area (Å²) in [5.74, 6) is 0.833. The molecule has 0 aliphatic rings. The first-order valence-electron chi connectivity index (χ1n) is 7.05. The van der Waals surface area contributed by atoms with Crippen LogP contribution in [0.25, 0.3) is 0 Å². The molecule has 0 spiro atoms. The van der Waals surface area contributed by atoms with E-state index in [1.54, 1.807) is 11.3 Å². The fourth-order valence-electron chi connectivity index (χ4n) is 1.54. The van der Waals surface area contributed by atoms with Crippen LogP contribution in [0.15, 0.2) is 23.0 Å². The number of aromatic nitrogens is 1. The van der Waals surface area contributed by atoms with Crippen molar-refractivity contribution in [2.45, 2.75) is 39.5 Å². The van der Waals surface area contributed by atoms with E-state index in [1.807, 2.05) is 6.08 Å². The molecule has 1 aromatic heterocycles. The van der Waals surface area contributed by atoms with Crippen molar-refractivity contribution in [1.82, 2.24) is 15.6 Å². The molecule has 2 N–H and O–H groups in total. The predicted molar refractivity (Wildman–Crippen MR) is 104 cm³/mol. The van der Waals surface area contributed by atoms with Gasteiger partial charge in [0.2, 0.25) is 0 Å².